The quantitative estimate of drug-likeness (QED) is 0.644. The molecule has 0 radical (unpaired) electrons. The van der Waals surface area contributed by atoms with Crippen LogP contribution in [0.3, 0.4) is 0 Å². The second-order valence-electron chi connectivity index (χ2n) is 7.44. The van der Waals surface area contributed by atoms with E-state index in [4.69, 9.17) is 4.98 Å². The molecule has 138 valence electrons. The van der Waals surface area contributed by atoms with Crippen molar-refractivity contribution >= 4 is 22.2 Å². The molecule has 1 fully saturated rings. The molecule has 0 saturated carbocycles. The number of thiazole rings is 1. The van der Waals surface area contributed by atoms with Gasteiger partial charge in [-0.1, -0.05) is 0 Å². The Morgan fingerprint density at radius 1 is 1.30 bits per heavy atom. The van der Waals surface area contributed by atoms with Crippen LogP contribution in [0.1, 0.15) is 46.8 Å². The van der Waals surface area contributed by atoms with Crippen molar-refractivity contribution in [3.8, 4) is 0 Å². The summed E-state index contributed by atoms with van der Waals surface area (Å²) in [5.41, 5.74) is 2.24. The third kappa shape index (κ3) is 2.58. The lowest BCUT2D eigenvalue weighted by atomic mass is 9.77. The highest BCUT2D eigenvalue weighted by atomic mass is 32.1. The minimum Gasteiger partial charge on any atom is -0.336 e. The van der Waals surface area contributed by atoms with Crippen LogP contribution in [0.15, 0.2) is 28.6 Å². The SMILES string of the molecule is Cc1ncc2c(n1)C1(CCCN(C(=O)c3cc(=O)nc4sccn34)C1)CC2. The summed E-state index contributed by atoms with van der Waals surface area (Å²) < 4.78 is 1.71. The molecule has 3 aromatic heterocycles. The van der Waals surface area contributed by atoms with E-state index in [1.165, 1.54) is 23.0 Å². The summed E-state index contributed by atoms with van der Waals surface area (Å²) >= 11 is 1.35. The normalized spacial score (nSPS) is 21.7. The predicted octanol–water partition coefficient (Wildman–Crippen LogP) is 1.97. The van der Waals surface area contributed by atoms with E-state index in [1.807, 2.05) is 23.4 Å². The van der Waals surface area contributed by atoms with Gasteiger partial charge >= 0.3 is 0 Å². The lowest BCUT2D eigenvalue weighted by Crippen LogP contribution is -2.48. The summed E-state index contributed by atoms with van der Waals surface area (Å²) in [6, 6.07) is 1.35. The Hall–Kier alpha value is -2.61. The molecular weight excluding hydrogens is 362 g/mol. The van der Waals surface area contributed by atoms with Crippen LogP contribution in [0, 0.1) is 6.92 Å². The Labute approximate surface area is 159 Å². The molecule has 1 spiro atoms. The summed E-state index contributed by atoms with van der Waals surface area (Å²) in [5, 5.41) is 1.84. The largest absolute Gasteiger partial charge is 0.336 e. The van der Waals surface area contributed by atoms with Gasteiger partial charge < -0.3 is 4.90 Å². The van der Waals surface area contributed by atoms with Crippen molar-refractivity contribution in [1.82, 2.24) is 24.3 Å². The van der Waals surface area contributed by atoms with Crippen molar-refractivity contribution in [3.63, 3.8) is 0 Å². The first-order chi connectivity index (χ1) is 13.1. The van der Waals surface area contributed by atoms with Crippen molar-refractivity contribution < 1.29 is 4.79 Å². The number of nitrogens with zero attached hydrogens (tertiary/aromatic N) is 5. The van der Waals surface area contributed by atoms with E-state index in [0.717, 1.165) is 37.2 Å². The number of likely N-dealkylation sites (tertiary alicyclic amines) is 1. The summed E-state index contributed by atoms with van der Waals surface area (Å²) in [4.78, 5) is 40.7. The van der Waals surface area contributed by atoms with Crippen LogP contribution in [0.2, 0.25) is 0 Å². The smallest absolute Gasteiger partial charge is 0.274 e. The van der Waals surface area contributed by atoms with Crippen LogP contribution in [0.4, 0.5) is 0 Å². The molecule has 0 aromatic carbocycles. The van der Waals surface area contributed by atoms with Gasteiger partial charge in [0, 0.05) is 42.3 Å². The van der Waals surface area contributed by atoms with E-state index in [2.05, 4.69) is 9.97 Å². The molecule has 1 aliphatic heterocycles. The number of carbonyl (C=O) groups is 1. The van der Waals surface area contributed by atoms with Gasteiger partial charge in [-0.25, -0.2) is 9.97 Å². The molecule has 1 amide bonds. The number of piperidine rings is 1. The van der Waals surface area contributed by atoms with E-state index < -0.39 is 0 Å². The number of rotatable bonds is 1. The molecule has 1 atom stereocenters. The molecule has 7 nitrogen and oxygen atoms in total. The molecule has 27 heavy (non-hydrogen) atoms. The van der Waals surface area contributed by atoms with Crippen LogP contribution in [-0.2, 0) is 11.8 Å². The Balaban J connectivity index is 1.52. The van der Waals surface area contributed by atoms with Gasteiger partial charge in [-0.2, -0.15) is 4.98 Å². The number of amides is 1. The minimum absolute atomic E-state index is 0.0945. The molecule has 1 unspecified atom stereocenters. The summed E-state index contributed by atoms with van der Waals surface area (Å²) in [6.45, 7) is 3.25. The first kappa shape index (κ1) is 16.6. The average Bonchev–Trinajstić information content (AvgIpc) is 3.26. The van der Waals surface area contributed by atoms with E-state index in [0.29, 0.717) is 23.7 Å². The maximum Gasteiger partial charge on any atom is 0.274 e. The summed E-state index contributed by atoms with van der Waals surface area (Å²) in [7, 11) is 0. The fraction of sp³-hybridized carbons (Fsp3) is 0.421. The van der Waals surface area contributed by atoms with Crippen LogP contribution < -0.4 is 5.56 Å². The molecule has 8 heteroatoms. The number of hydrogen-bond acceptors (Lipinski definition) is 6. The van der Waals surface area contributed by atoms with Gasteiger partial charge in [0.2, 0.25) is 0 Å². The van der Waals surface area contributed by atoms with Gasteiger partial charge in [0.15, 0.2) is 4.96 Å². The number of aryl methyl sites for hydroxylation is 2. The van der Waals surface area contributed by atoms with Gasteiger partial charge in [-0.15, -0.1) is 11.3 Å². The second-order valence-corrected chi connectivity index (χ2v) is 8.31. The fourth-order valence-corrected chi connectivity index (χ4v) is 5.23. The predicted molar refractivity (Wildman–Crippen MR) is 101 cm³/mol. The zero-order valence-electron chi connectivity index (χ0n) is 15.0. The van der Waals surface area contributed by atoms with E-state index in [9.17, 15) is 9.59 Å². The third-order valence-electron chi connectivity index (χ3n) is 5.76. The topological polar surface area (TPSA) is 80.5 Å². The fourth-order valence-electron chi connectivity index (χ4n) is 4.51. The zero-order chi connectivity index (χ0) is 18.6. The maximum atomic E-state index is 13.3. The van der Waals surface area contributed by atoms with Crippen LogP contribution in [0.25, 0.3) is 4.96 Å². The minimum atomic E-state index is -0.373. The highest BCUT2D eigenvalue weighted by Gasteiger charge is 2.45. The molecule has 2 aliphatic rings. The van der Waals surface area contributed by atoms with Crippen molar-refractivity contribution in [1.29, 1.82) is 0 Å². The van der Waals surface area contributed by atoms with Crippen LogP contribution >= 0.6 is 11.3 Å². The van der Waals surface area contributed by atoms with E-state index >= 15 is 0 Å². The molecule has 0 bridgehead atoms. The van der Waals surface area contributed by atoms with Crippen molar-refractivity contribution in [2.24, 2.45) is 0 Å². The van der Waals surface area contributed by atoms with Crippen molar-refractivity contribution in [2.75, 3.05) is 13.1 Å². The van der Waals surface area contributed by atoms with E-state index in [1.54, 1.807) is 10.6 Å². The molecule has 1 saturated heterocycles. The van der Waals surface area contributed by atoms with Gasteiger partial charge in [-0.05, 0) is 38.2 Å². The highest BCUT2D eigenvalue weighted by molar-refractivity contribution is 7.15. The van der Waals surface area contributed by atoms with Crippen LogP contribution in [-0.4, -0.2) is 43.2 Å². The van der Waals surface area contributed by atoms with Gasteiger partial charge in [0.25, 0.3) is 11.5 Å². The first-order valence-corrected chi connectivity index (χ1v) is 10.0. The number of fused-ring (bicyclic) bond motifs is 3. The summed E-state index contributed by atoms with van der Waals surface area (Å²) in [6.07, 6.45) is 7.65. The monoisotopic (exact) mass is 381 g/mol. The Morgan fingerprint density at radius 2 is 2.19 bits per heavy atom. The average molecular weight is 381 g/mol. The molecule has 4 heterocycles. The molecule has 0 N–H and O–H groups in total. The Kier molecular flexibility index (Phi) is 3.65. The second kappa shape index (κ2) is 5.95. The third-order valence-corrected chi connectivity index (χ3v) is 6.52. The Morgan fingerprint density at radius 3 is 3.07 bits per heavy atom. The van der Waals surface area contributed by atoms with Crippen LogP contribution in [0.5, 0.6) is 0 Å². The van der Waals surface area contributed by atoms with Gasteiger partial charge in [-0.3, -0.25) is 14.0 Å². The molecule has 3 aromatic rings. The molecule has 1 aliphatic carbocycles. The van der Waals surface area contributed by atoms with Gasteiger partial charge in [0.1, 0.15) is 11.5 Å². The van der Waals surface area contributed by atoms with E-state index in [-0.39, 0.29) is 16.9 Å². The summed E-state index contributed by atoms with van der Waals surface area (Å²) in [5.74, 6) is 0.667. The number of aromatic nitrogens is 4. The molecule has 5 rings (SSSR count). The maximum absolute atomic E-state index is 13.3. The van der Waals surface area contributed by atoms with Crippen molar-refractivity contribution in [3.05, 3.63) is 57.0 Å². The Bertz CT molecular complexity index is 1120. The van der Waals surface area contributed by atoms with Crippen molar-refractivity contribution in [2.45, 2.75) is 38.0 Å². The lowest BCUT2D eigenvalue weighted by Gasteiger charge is -2.40. The first-order valence-electron chi connectivity index (χ1n) is 9.15. The zero-order valence-corrected chi connectivity index (χ0v) is 15.8. The number of carbonyl (C=O) groups excluding carboxylic acids is 1. The lowest BCUT2D eigenvalue weighted by molar-refractivity contribution is 0.0625. The standard InChI is InChI=1S/C19H19N5O2S/c1-12-20-10-13-3-5-19(16(13)21-12)4-2-6-23(11-19)17(26)14-9-15(25)22-18-24(14)7-8-27-18/h7-10H,2-6,11H2,1H3. The number of hydrogen-bond donors (Lipinski definition) is 0. The molecular formula is C19H19N5O2S. The van der Waals surface area contributed by atoms with Gasteiger partial charge in [0.05, 0.1) is 5.69 Å². The highest BCUT2D eigenvalue weighted by Crippen LogP contribution is 2.44.